The van der Waals surface area contributed by atoms with Crippen LogP contribution in [0.2, 0.25) is 39.3 Å². The molecule has 0 aromatic heterocycles. The standard InChI is InChI=1S/C35H42O2Si4/c1-35(2,27-19-29(38)33(30(20-27)39(3)4)36-23-25-15-11-9-12-16-25)28-21-31(40(5)6)34(32(22-28)41(7)8)37-24-26-17-13-10-14-18-26/h9-22H,23-24H2,1-8H3. The molecular weight excluding hydrogens is 565 g/mol. The minimum atomic E-state index is -0.779. The molecule has 0 aliphatic heterocycles. The molecule has 0 spiro atoms. The van der Waals surface area contributed by atoms with Crippen molar-refractivity contribution in [2.75, 3.05) is 0 Å². The van der Waals surface area contributed by atoms with Crippen LogP contribution in [0.4, 0.5) is 0 Å². The zero-order valence-corrected chi connectivity index (χ0v) is 29.8. The van der Waals surface area contributed by atoms with E-state index in [2.05, 4.69) is 142 Å². The smallest absolute Gasteiger partial charge is 0.117 e. The quantitative estimate of drug-likeness (QED) is 0.200. The summed E-state index contributed by atoms with van der Waals surface area (Å²) in [6, 6.07) is 30.5. The third-order valence-corrected chi connectivity index (χ3v) is 12.4. The van der Waals surface area contributed by atoms with Crippen molar-refractivity contribution in [2.24, 2.45) is 0 Å². The summed E-state index contributed by atoms with van der Waals surface area (Å²) in [5, 5.41) is 5.16. The Balaban J connectivity index is 1.74. The zero-order valence-electron chi connectivity index (χ0n) is 25.8. The van der Waals surface area contributed by atoms with Gasteiger partial charge in [-0.3, -0.25) is 0 Å². The number of benzene rings is 4. The summed E-state index contributed by atoms with van der Waals surface area (Å²) in [6.45, 7) is 20.1. The molecule has 6 heteroatoms. The summed E-state index contributed by atoms with van der Waals surface area (Å²) < 4.78 is 13.1. The Labute approximate surface area is 256 Å². The van der Waals surface area contributed by atoms with Crippen LogP contribution >= 0.6 is 0 Å². The molecule has 0 aliphatic carbocycles. The van der Waals surface area contributed by atoms with E-state index < -0.39 is 26.4 Å². The normalized spacial score (nSPS) is 11.9. The van der Waals surface area contributed by atoms with E-state index in [1.54, 1.807) is 0 Å². The van der Waals surface area contributed by atoms with Crippen LogP contribution in [0.25, 0.3) is 0 Å². The molecule has 0 bridgehead atoms. The maximum atomic E-state index is 6.63. The van der Waals surface area contributed by atoms with Crippen molar-refractivity contribution < 1.29 is 9.47 Å². The molecule has 4 aromatic rings. The van der Waals surface area contributed by atoms with Gasteiger partial charge in [-0.25, -0.2) is 0 Å². The highest BCUT2D eigenvalue weighted by Gasteiger charge is 2.29. The molecule has 0 N–H and O–H groups in total. The second kappa shape index (κ2) is 13.5. The Morgan fingerprint density at radius 1 is 0.561 bits per heavy atom. The second-order valence-corrected chi connectivity index (χ2v) is 20.1. The van der Waals surface area contributed by atoms with E-state index in [0.29, 0.717) is 13.2 Å². The van der Waals surface area contributed by atoms with E-state index in [9.17, 15) is 0 Å². The zero-order chi connectivity index (χ0) is 29.7. The van der Waals surface area contributed by atoms with Crippen LogP contribution in [-0.2, 0) is 18.6 Å². The van der Waals surface area contributed by atoms with Gasteiger partial charge < -0.3 is 9.47 Å². The van der Waals surface area contributed by atoms with Gasteiger partial charge in [-0.1, -0.05) is 138 Å². The van der Waals surface area contributed by atoms with Crippen molar-refractivity contribution in [1.82, 2.24) is 0 Å². The third-order valence-electron chi connectivity index (χ3n) is 7.69. The van der Waals surface area contributed by atoms with Crippen LogP contribution in [0.3, 0.4) is 0 Å². The Morgan fingerprint density at radius 2 is 0.927 bits per heavy atom. The molecule has 6 radical (unpaired) electrons. The first-order valence-electron chi connectivity index (χ1n) is 14.3. The first-order valence-corrected chi connectivity index (χ1v) is 22.3. The summed E-state index contributed by atoms with van der Waals surface area (Å²) >= 11 is 0. The molecule has 0 unspecified atom stereocenters. The molecule has 0 heterocycles. The first kappa shape index (κ1) is 31.3. The maximum absolute atomic E-state index is 6.63. The lowest BCUT2D eigenvalue weighted by Crippen LogP contribution is -2.38. The molecule has 4 rings (SSSR count). The fraction of sp³-hybridized carbons (Fsp3) is 0.314. The van der Waals surface area contributed by atoms with Gasteiger partial charge in [-0.05, 0) is 43.0 Å². The van der Waals surface area contributed by atoms with Gasteiger partial charge in [0.1, 0.15) is 24.7 Å². The van der Waals surface area contributed by atoms with E-state index in [-0.39, 0.29) is 5.41 Å². The van der Waals surface area contributed by atoms with E-state index in [1.807, 2.05) is 6.07 Å². The van der Waals surface area contributed by atoms with Crippen molar-refractivity contribution in [1.29, 1.82) is 0 Å². The van der Waals surface area contributed by atoms with Crippen LogP contribution < -0.4 is 30.2 Å². The average Bonchev–Trinajstić information content (AvgIpc) is 2.95. The van der Waals surface area contributed by atoms with Crippen molar-refractivity contribution in [2.45, 2.75) is 71.8 Å². The van der Waals surface area contributed by atoms with E-state index >= 15 is 0 Å². The largest absolute Gasteiger partial charge is 0.489 e. The van der Waals surface area contributed by atoms with Crippen molar-refractivity contribution in [3.8, 4) is 11.5 Å². The number of ether oxygens (including phenoxy) is 2. The summed E-state index contributed by atoms with van der Waals surface area (Å²) in [5.74, 6) is 2.11. The van der Waals surface area contributed by atoms with Crippen LogP contribution in [0.15, 0.2) is 84.9 Å². The topological polar surface area (TPSA) is 18.5 Å². The van der Waals surface area contributed by atoms with Crippen LogP contribution in [0.1, 0.15) is 36.1 Å². The van der Waals surface area contributed by atoms with E-state index in [0.717, 1.165) is 16.7 Å². The van der Waals surface area contributed by atoms with Gasteiger partial charge in [0, 0.05) is 5.41 Å². The molecule has 41 heavy (non-hydrogen) atoms. The van der Waals surface area contributed by atoms with Crippen LogP contribution in [0.5, 0.6) is 11.5 Å². The Hall–Kier alpha value is -2.65. The van der Waals surface area contributed by atoms with E-state index in [1.165, 1.54) is 37.8 Å². The molecule has 0 aliphatic rings. The monoisotopic (exact) mass is 606 g/mol. The summed E-state index contributed by atoms with van der Waals surface area (Å²) in [6.07, 6.45) is 0. The molecule has 0 atom stereocenters. The predicted molar refractivity (Wildman–Crippen MR) is 183 cm³/mol. The van der Waals surface area contributed by atoms with Gasteiger partial charge in [-0.2, -0.15) is 0 Å². The van der Waals surface area contributed by atoms with Crippen LogP contribution in [0, 0.1) is 0 Å². The fourth-order valence-corrected chi connectivity index (χ4v) is 8.96. The molecule has 0 fully saturated rings. The minimum absolute atomic E-state index is 0.179. The fourth-order valence-electron chi connectivity index (χ4n) is 5.03. The number of hydrogen-bond donors (Lipinski definition) is 0. The highest BCUT2D eigenvalue weighted by molar-refractivity contribution is 6.76. The number of rotatable bonds is 11. The van der Waals surface area contributed by atoms with Gasteiger partial charge in [0.25, 0.3) is 0 Å². The molecule has 0 saturated heterocycles. The van der Waals surface area contributed by atoms with Crippen molar-refractivity contribution in [3.05, 3.63) is 107 Å². The van der Waals surface area contributed by atoms with Crippen molar-refractivity contribution in [3.63, 3.8) is 0 Å². The van der Waals surface area contributed by atoms with E-state index in [4.69, 9.17) is 9.47 Å². The molecule has 0 amide bonds. The first-order chi connectivity index (χ1) is 19.5. The van der Waals surface area contributed by atoms with Gasteiger partial charge in [0.2, 0.25) is 0 Å². The lowest BCUT2D eigenvalue weighted by molar-refractivity contribution is 0.311. The molecule has 4 aromatic carbocycles. The SMILES string of the molecule is C[Si](C)c1cc(C(C)(C)c2cc([Si](C)C)c(OCc3ccccc3)c([Si](C)C)c2)cc([Si])c1OCc1ccccc1. The lowest BCUT2D eigenvalue weighted by atomic mass is 9.78. The van der Waals surface area contributed by atoms with Gasteiger partial charge in [-0.15, -0.1) is 0 Å². The summed E-state index contributed by atoms with van der Waals surface area (Å²) in [5.41, 5.74) is 4.88. The Kier molecular flexibility index (Phi) is 10.3. The maximum Gasteiger partial charge on any atom is 0.117 e. The second-order valence-electron chi connectivity index (χ2n) is 12.0. The molecular formula is C35H42O2Si4. The molecule has 0 saturated carbocycles. The van der Waals surface area contributed by atoms with Crippen LogP contribution in [-0.4, -0.2) is 36.6 Å². The Morgan fingerprint density at radius 3 is 1.34 bits per heavy atom. The van der Waals surface area contributed by atoms with Gasteiger partial charge in [0.15, 0.2) is 0 Å². The highest BCUT2D eigenvalue weighted by atomic mass is 28.3. The highest BCUT2D eigenvalue weighted by Crippen LogP contribution is 2.32. The Bertz CT molecular complexity index is 1420. The molecule has 2 nitrogen and oxygen atoms in total. The van der Waals surface area contributed by atoms with Crippen molar-refractivity contribution >= 4 is 57.4 Å². The minimum Gasteiger partial charge on any atom is -0.489 e. The number of hydrogen-bond acceptors (Lipinski definition) is 2. The lowest BCUT2D eigenvalue weighted by Gasteiger charge is -2.31. The van der Waals surface area contributed by atoms with Gasteiger partial charge in [0.05, 0.1) is 36.6 Å². The summed E-state index contributed by atoms with van der Waals surface area (Å²) in [7, 11) is 1.67. The van der Waals surface area contributed by atoms with Gasteiger partial charge >= 0.3 is 0 Å². The predicted octanol–water partition coefficient (Wildman–Crippen LogP) is 5.85. The average molecular weight is 607 g/mol. The third kappa shape index (κ3) is 7.41. The molecule has 210 valence electrons. The summed E-state index contributed by atoms with van der Waals surface area (Å²) in [4.78, 5) is 0.